The third kappa shape index (κ3) is 4.11. The standard InChI is InChI=1S/C16H24N2O3/c1-12-9-14(3-4-15(12)21-2)10-17-16(20)18-7-5-13(11-19)6-8-18/h3-4,9,13,19H,5-8,10-11H2,1-2H3,(H,17,20). The fourth-order valence-electron chi connectivity index (χ4n) is 2.66. The molecule has 0 unspecified atom stereocenters. The average Bonchev–Trinajstić information content (AvgIpc) is 2.52. The molecule has 1 aliphatic heterocycles. The highest BCUT2D eigenvalue weighted by molar-refractivity contribution is 5.74. The first-order valence-electron chi connectivity index (χ1n) is 7.41. The van der Waals surface area contributed by atoms with E-state index in [2.05, 4.69) is 5.32 Å². The van der Waals surface area contributed by atoms with E-state index < -0.39 is 0 Å². The lowest BCUT2D eigenvalue weighted by Gasteiger charge is -2.31. The van der Waals surface area contributed by atoms with Crippen molar-refractivity contribution in [2.45, 2.75) is 26.3 Å². The Bertz CT molecular complexity index is 482. The second kappa shape index (κ2) is 7.31. The third-order valence-corrected chi connectivity index (χ3v) is 4.06. The van der Waals surface area contributed by atoms with E-state index >= 15 is 0 Å². The van der Waals surface area contributed by atoms with E-state index in [4.69, 9.17) is 9.84 Å². The smallest absolute Gasteiger partial charge is 0.317 e. The van der Waals surface area contributed by atoms with Crippen LogP contribution in [-0.2, 0) is 6.54 Å². The van der Waals surface area contributed by atoms with E-state index in [1.165, 1.54) is 0 Å². The summed E-state index contributed by atoms with van der Waals surface area (Å²) in [5.41, 5.74) is 2.12. The number of benzene rings is 1. The highest BCUT2D eigenvalue weighted by Crippen LogP contribution is 2.19. The molecule has 1 aromatic rings. The fraction of sp³-hybridized carbons (Fsp3) is 0.562. The number of carbonyl (C=O) groups is 1. The van der Waals surface area contributed by atoms with Crippen LogP contribution >= 0.6 is 0 Å². The van der Waals surface area contributed by atoms with E-state index in [1.807, 2.05) is 30.0 Å². The first-order chi connectivity index (χ1) is 10.1. The largest absolute Gasteiger partial charge is 0.496 e. The summed E-state index contributed by atoms with van der Waals surface area (Å²) >= 11 is 0. The number of hydrogen-bond donors (Lipinski definition) is 2. The Labute approximate surface area is 125 Å². The number of nitrogens with zero attached hydrogens (tertiary/aromatic N) is 1. The Morgan fingerprint density at radius 3 is 2.71 bits per heavy atom. The van der Waals surface area contributed by atoms with E-state index in [0.29, 0.717) is 12.5 Å². The molecule has 0 bridgehead atoms. The molecule has 1 aliphatic rings. The Balaban J connectivity index is 1.83. The van der Waals surface area contributed by atoms with Gasteiger partial charge in [-0.1, -0.05) is 12.1 Å². The molecule has 0 spiro atoms. The molecule has 5 heteroatoms. The van der Waals surface area contributed by atoms with Gasteiger partial charge in [-0.3, -0.25) is 0 Å². The van der Waals surface area contributed by atoms with Crippen LogP contribution in [0.3, 0.4) is 0 Å². The number of amides is 2. The minimum atomic E-state index is -0.0279. The molecule has 2 N–H and O–H groups in total. The van der Waals surface area contributed by atoms with Crippen molar-refractivity contribution in [3.05, 3.63) is 29.3 Å². The number of hydrogen-bond acceptors (Lipinski definition) is 3. The van der Waals surface area contributed by atoms with E-state index in [0.717, 1.165) is 42.8 Å². The topological polar surface area (TPSA) is 61.8 Å². The molecule has 1 fully saturated rings. The van der Waals surface area contributed by atoms with Crippen LogP contribution in [0.1, 0.15) is 24.0 Å². The summed E-state index contributed by atoms with van der Waals surface area (Å²) < 4.78 is 5.23. The van der Waals surface area contributed by atoms with Gasteiger partial charge in [0.2, 0.25) is 0 Å². The predicted octanol–water partition coefficient (Wildman–Crippen LogP) is 1.92. The zero-order valence-corrected chi connectivity index (χ0v) is 12.8. The van der Waals surface area contributed by atoms with Gasteiger partial charge in [-0.05, 0) is 42.9 Å². The second-order valence-electron chi connectivity index (χ2n) is 5.58. The summed E-state index contributed by atoms with van der Waals surface area (Å²) in [6.45, 7) is 4.17. The fourth-order valence-corrected chi connectivity index (χ4v) is 2.66. The normalized spacial score (nSPS) is 15.9. The number of ether oxygens (including phenoxy) is 1. The summed E-state index contributed by atoms with van der Waals surface area (Å²) in [5, 5.41) is 12.1. The number of piperidine rings is 1. The van der Waals surface area contributed by atoms with Gasteiger partial charge in [0, 0.05) is 26.2 Å². The molecule has 2 amide bonds. The molecule has 1 heterocycles. The number of aliphatic hydroxyl groups excluding tert-OH is 1. The highest BCUT2D eigenvalue weighted by atomic mass is 16.5. The second-order valence-corrected chi connectivity index (χ2v) is 5.58. The lowest BCUT2D eigenvalue weighted by atomic mass is 9.98. The van der Waals surface area contributed by atoms with Crippen molar-refractivity contribution in [3.63, 3.8) is 0 Å². The molecule has 0 aliphatic carbocycles. The number of methoxy groups -OCH3 is 1. The number of likely N-dealkylation sites (tertiary alicyclic amines) is 1. The summed E-state index contributed by atoms with van der Waals surface area (Å²) in [5.74, 6) is 1.20. The molecular formula is C16H24N2O3. The van der Waals surface area contributed by atoms with Gasteiger partial charge in [-0.15, -0.1) is 0 Å². The van der Waals surface area contributed by atoms with Gasteiger partial charge in [0.15, 0.2) is 0 Å². The molecule has 1 saturated heterocycles. The first-order valence-corrected chi connectivity index (χ1v) is 7.41. The van der Waals surface area contributed by atoms with E-state index in [1.54, 1.807) is 7.11 Å². The zero-order valence-electron chi connectivity index (χ0n) is 12.8. The van der Waals surface area contributed by atoms with Gasteiger partial charge in [0.25, 0.3) is 0 Å². The van der Waals surface area contributed by atoms with Crippen molar-refractivity contribution in [1.82, 2.24) is 10.2 Å². The molecule has 116 valence electrons. The van der Waals surface area contributed by atoms with Gasteiger partial charge in [-0.2, -0.15) is 0 Å². The summed E-state index contributed by atoms with van der Waals surface area (Å²) in [7, 11) is 1.65. The van der Waals surface area contributed by atoms with E-state index in [9.17, 15) is 4.79 Å². The predicted molar refractivity (Wildman–Crippen MR) is 81.3 cm³/mol. The van der Waals surface area contributed by atoms with Crippen molar-refractivity contribution in [2.24, 2.45) is 5.92 Å². The maximum absolute atomic E-state index is 12.1. The summed E-state index contributed by atoms with van der Waals surface area (Å²) in [6.07, 6.45) is 1.76. The van der Waals surface area contributed by atoms with Crippen molar-refractivity contribution in [2.75, 3.05) is 26.8 Å². The number of urea groups is 1. The molecule has 0 saturated carbocycles. The number of aliphatic hydroxyl groups is 1. The van der Waals surface area contributed by atoms with Crippen LogP contribution in [-0.4, -0.2) is 42.8 Å². The monoisotopic (exact) mass is 292 g/mol. The third-order valence-electron chi connectivity index (χ3n) is 4.06. The Kier molecular flexibility index (Phi) is 5.44. The average molecular weight is 292 g/mol. The highest BCUT2D eigenvalue weighted by Gasteiger charge is 2.21. The molecule has 0 radical (unpaired) electrons. The molecule has 1 aromatic carbocycles. The van der Waals surface area contributed by atoms with Crippen LogP contribution < -0.4 is 10.1 Å². The minimum Gasteiger partial charge on any atom is -0.496 e. The maximum Gasteiger partial charge on any atom is 0.317 e. The molecule has 0 atom stereocenters. The number of rotatable bonds is 4. The molecule has 5 nitrogen and oxygen atoms in total. The molecule has 2 rings (SSSR count). The van der Waals surface area contributed by atoms with Gasteiger partial charge in [0.05, 0.1) is 7.11 Å². The lowest BCUT2D eigenvalue weighted by Crippen LogP contribution is -2.44. The Morgan fingerprint density at radius 1 is 1.43 bits per heavy atom. The van der Waals surface area contributed by atoms with Crippen LogP contribution in [0, 0.1) is 12.8 Å². The SMILES string of the molecule is COc1ccc(CNC(=O)N2CCC(CO)CC2)cc1C. The lowest BCUT2D eigenvalue weighted by molar-refractivity contribution is 0.137. The van der Waals surface area contributed by atoms with Gasteiger partial charge in [-0.25, -0.2) is 4.79 Å². The van der Waals surface area contributed by atoms with Gasteiger partial charge < -0.3 is 20.1 Å². The Morgan fingerprint density at radius 2 is 2.14 bits per heavy atom. The van der Waals surface area contributed by atoms with Gasteiger partial charge in [0.1, 0.15) is 5.75 Å². The minimum absolute atomic E-state index is 0.0279. The number of carbonyl (C=O) groups excluding carboxylic acids is 1. The van der Waals surface area contributed by atoms with Crippen LogP contribution in [0.15, 0.2) is 18.2 Å². The van der Waals surface area contributed by atoms with Crippen LogP contribution in [0.25, 0.3) is 0 Å². The number of aryl methyl sites for hydroxylation is 1. The van der Waals surface area contributed by atoms with Crippen molar-refractivity contribution in [3.8, 4) is 5.75 Å². The molecule has 21 heavy (non-hydrogen) atoms. The van der Waals surface area contributed by atoms with Gasteiger partial charge >= 0.3 is 6.03 Å². The van der Waals surface area contributed by atoms with Crippen molar-refractivity contribution >= 4 is 6.03 Å². The Hall–Kier alpha value is -1.75. The maximum atomic E-state index is 12.1. The molecule has 0 aromatic heterocycles. The quantitative estimate of drug-likeness (QED) is 0.891. The zero-order chi connectivity index (χ0) is 15.2. The molecular weight excluding hydrogens is 268 g/mol. The summed E-state index contributed by atoms with van der Waals surface area (Å²) in [4.78, 5) is 13.9. The van der Waals surface area contributed by atoms with Crippen LogP contribution in [0.2, 0.25) is 0 Å². The van der Waals surface area contributed by atoms with Crippen molar-refractivity contribution < 1.29 is 14.6 Å². The van der Waals surface area contributed by atoms with Crippen molar-refractivity contribution in [1.29, 1.82) is 0 Å². The summed E-state index contributed by atoms with van der Waals surface area (Å²) in [6, 6.07) is 5.88. The first kappa shape index (κ1) is 15.6. The van der Waals surface area contributed by atoms with Crippen LogP contribution in [0.5, 0.6) is 5.75 Å². The van der Waals surface area contributed by atoms with Crippen LogP contribution in [0.4, 0.5) is 4.79 Å². The van der Waals surface area contributed by atoms with E-state index in [-0.39, 0.29) is 12.6 Å². The number of nitrogens with one attached hydrogen (secondary N) is 1.